The molecule has 1 aliphatic heterocycles. The van der Waals surface area contributed by atoms with Gasteiger partial charge in [-0.2, -0.15) is 0 Å². The van der Waals surface area contributed by atoms with E-state index in [-0.39, 0.29) is 0 Å². The van der Waals surface area contributed by atoms with Gasteiger partial charge < -0.3 is 10.0 Å². The minimum atomic E-state index is -0.878. The molecule has 0 amide bonds. The molecule has 0 bridgehead atoms. The topological polar surface area (TPSA) is 53.4 Å². The van der Waals surface area contributed by atoms with Crippen LogP contribution in [0.4, 0.5) is 5.69 Å². The van der Waals surface area contributed by atoms with Gasteiger partial charge in [0.1, 0.15) is 5.56 Å². The Labute approximate surface area is 114 Å². The fourth-order valence-electron chi connectivity index (χ4n) is 2.83. The molecular weight excluding hydrogens is 240 g/mol. The van der Waals surface area contributed by atoms with Crippen molar-refractivity contribution >= 4 is 11.7 Å². The number of pyridine rings is 1. The molecule has 4 nitrogen and oxygen atoms in total. The number of carboxylic acid groups (broad SMARTS) is 1. The van der Waals surface area contributed by atoms with Gasteiger partial charge >= 0.3 is 5.97 Å². The van der Waals surface area contributed by atoms with Crippen molar-refractivity contribution in [3.05, 3.63) is 23.0 Å². The zero-order valence-corrected chi connectivity index (χ0v) is 11.9. The largest absolute Gasteiger partial charge is 0.478 e. The minimum absolute atomic E-state index is 0.361. The second kappa shape index (κ2) is 5.59. The van der Waals surface area contributed by atoms with Crippen molar-refractivity contribution in [1.82, 2.24) is 4.98 Å². The molecule has 1 aliphatic rings. The summed E-state index contributed by atoms with van der Waals surface area (Å²) in [5, 5.41) is 9.42. The highest BCUT2D eigenvalue weighted by atomic mass is 16.4. The van der Waals surface area contributed by atoms with Crippen molar-refractivity contribution in [1.29, 1.82) is 0 Å². The fourth-order valence-corrected chi connectivity index (χ4v) is 2.83. The Bertz CT molecular complexity index is 485. The lowest BCUT2D eigenvalue weighted by molar-refractivity contribution is 0.0696. The van der Waals surface area contributed by atoms with Crippen LogP contribution in [0.15, 0.2) is 6.07 Å². The lowest BCUT2D eigenvalue weighted by atomic mass is 10.0. The van der Waals surface area contributed by atoms with E-state index in [4.69, 9.17) is 0 Å². The molecule has 1 aromatic rings. The maximum Gasteiger partial charge on any atom is 0.339 e. The maximum absolute atomic E-state index is 11.5. The van der Waals surface area contributed by atoms with Crippen LogP contribution in [-0.4, -0.2) is 29.1 Å². The van der Waals surface area contributed by atoms with Crippen LogP contribution in [0.5, 0.6) is 0 Å². The summed E-state index contributed by atoms with van der Waals surface area (Å²) in [6.45, 7) is 7.84. The average Bonchev–Trinajstić information content (AvgIpc) is 2.52. The molecule has 0 radical (unpaired) electrons. The smallest absolute Gasteiger partial charge is 0.339 e. The molecule has 0 aromatic carbocycles. The third-order valence-corrected chi connectivity index (χ3v) is 3.88. The van der Waals surface area contributed by atoms with E-state index in [1.165, 1.54) is 6.42 Å². The van der Waals surface area contributed by atoms with Gasteiger partial charge in [-0.15, -0.1) is 0 Å². The number of nitrogens with zero attached hydrogens (tertiary/aromatic N) is 2. The van der Waals surface area contributed by atoms with Crippen molar-refractivity contribution in [2.45, 2.75) is 40.0 Å². The van der Waals surface area contributed by atoms with Gasteiger partial charge in [-0.05, 0) is 45.1 Å². The maximum atomic E-state index is 11.5. The van der Waals surface area contributed by atoms with Crippen molar-refractivity contribution in [2.24, 2.45) is 5.92 Å². The van der Waals surface area contributed by atoms with Gasteiger partial charge in [0, 0.05) is 18.8 Å². The number of aryl methyl sites for hydroxylation is 2. The number of anilines is 1. The third-order valence-electron chi connectivity index (χ3n) is 3.88. The molecule has 0 saturated carbocycles. The first kappa shape index (κ1) is 13.8. The number of hydrogen-bond acceptors (Lipinski definition) is 3. The van der Waals surface area contributed by atoms with E-state index in [9.17, 15) is 9.90 Å². The van der Waals surface area contributed by atoms with E-state index in [1.54, 1.807) is 6.92 Å². The molecule has 1 unspecified atom stereocenters. The summed E-state index contributed by atoms with van der Waals surface area (Å²) in [4.78, 5) is 18.0. The van der Waals surface area contributed by atoms with E-state index in [2.05, 4.69) is 16.8 Å². The molecule has 2 rings (SSSR count). The number of carbonyl (C=O) groups is 1. The Kier molecular flexibility index (Phi) is 4.08. The van der Waals surface area contributed by atoms with Crippen LogP contribution in [-0.2, 0) is 0 Å². The number of rotatable bonds is 2. The first-order valence-corrected chi connectivity index (χ1v) is 6.95. The Balaban J connectivity index is 2.39. The highest BCUT2D eigenvalue weighted by Crippen LogP contribution is 2.27. The molecule has 1 atom stereocenters. The van der Waals surface area contributed by atoms with Gasteiger partial charge in [0.25, 0.3) is 0 Å². The third kappa shape index (κ3) is 3.06. The van der Waals surface area contributed by atoms with E-state index in [0.717, 1.165) is 43.2 Å². The molecule has 0 spiro atoms. The van der Waals surface area contributed by atoms with E-state index >= 15 is 0 Å². The summed E-state index contributed by atoms with van der Waals surface area (Å²) in [6.07, 6.45) is 3.47. The lowest BCUT2D eigenvalue weighted by Gasteiger charge is -2.25. The summed E-state index contributed by atoms with van der Waals surface area (Å²) in [6, 6.07) is 1.91. The monoisotopic (exact) mass is 262 g/mol. The summed E-state index contributed by atoms with van der Waals surface area (Å²) < 4.78 is 0. The van der Waals surface area contributed by atoms with Gasteiger partial charge in [0.15, 0.2) is 0 Å². The lowest BCUT2D eigenvalue weighted by Crippen LogP contribution is -2.27. The van der Waals surface area contributed by atoms with Gasteiger partial charge in [-0.1, -0.05) is 6.92 Å². The Morgan fingerprint density at radius 1 is 1.37 bits per heavy atom. The van der Waals surface area contributed by atoms with Crippen LogP contribution >= 0.6 is 0 Å². The number of carboxylic acids is 1. The van der Waals surface area contributed by atoms with E-state index < -0.39 is 5.97 Å². The zero-order chi connectivity index (χ0) is 14.0. The van der Waals surface area contributed by atoms with Crippen LogP contribution in [0.3, 0.4) is 0 Å². The van der Waals surface area contributed by atoms with Crippen molar-refractivity contribution in [3.8, 4) is 0 Å². The van der Waals surface area contributed by atoms with Crippen molar-refractivity contribution in [3.63, 3.8) is 0 Å². The molecule has 2 heterocycles. The molecule has 1 N–H and O–H groups in total. The number of aromatic carboxylic acids is 1. The molecule has 19 heavy (non-hydrogen) atoms. The van der Waals surface area contributed by atoms with Crippen LogP contribution in [0.1, 0.15) is 47.9 Å². The molecule has 1 aromatic heterocycles. The zero-order valence-electron chi connectivity index (χ0n) is 11.9. The van der Waals surface area contributed by atoms with Gasteiger partial charge in [-0.3, -0.25) is 4.98 Å². The van der Waals surface area contributed by atoms with Crippen molar-refractivity contribution < 1.29 is 9.90 Å². The number of hydrogen-bond donors (Lipinski definition) is 1. The van der Waals surface area contributed by atoms with Crippen LogP contribution < -0.4 is 4.90 Å². The van der Waals surface area contributed by atoms with Crippen LogP contribution in [0.25, 0.3) is 0 Å². The molecular formula is C15H22N2O2. The van der Waals surface area contributed by atoms with E-state index in [1.807, 2.05) is 13.0 Å². The predicted molar refractivity (Wildman–Crippen MR) is 75.9 cm³/mol. The minimum Gasteiger partial charge on any atom is -0.478 e. The molecule has 1 fully saturated rings. The first-order valence-electron chi connectivity index (χ1n) is 6.95. The van der Waals surface area contributed by atoms with Crippen LogP contribution in [0.2, 0.25) is 0 Å². The van der Waals surface area contributed by atoms with Gasteiger partial charge in [-0.25, -0.2) is 4.79 Å². The predicted octanol–water partition coefficient (Wildman–Crippen LogP) is 3.02. The first-order chi connectivity index (χ1) is 8.99. The summed E-state index contributed by atoms with van der Waals surface area (Å²) in [5.41, 5.74) is 2.70. The molecule has 4 heteroatoms. The molecule has 0 aliphatic carbocycles. The average molecular weight is 262 g/mol. The Morgan fingerprint density at radius 3 is 2.79 bits per heavy atom. The fraction of sp³-hybridized carbons (Fsp3) is 0.600. The Hall–Kier alpha value is -1.58. The van der Waals surface area contributed by atoms with Crippen LogP contribution in [0, 0.1) is 19.8 Å². The Morgan fingerprint density at radius 2 is 2.11 bits per heavy atom. The second-order valence-electron chi connectivity index (χ2n) is 5.57. The number of aromatic nitrogens is 1. The quantitative estimate of drug-likeness (QED) is 0.890. The normalized spacial score (nSPS) is 20.2. The highest BCUT2D eigenvalue weighted by Gasteiger charge is 2.22. The van der Waals surface area contributed by atoms with Crippen molar-refractivity contribution in [2.75, 3.05) is 18.0 Å². The molecule has 1 saturated heterocycles. The van der Waals surface area contributed by atoms with Gasteiger partial charge in [0.05, 0.1) is 11.4 Å². The van der Waals surface area contributed by atoms with Gasteiger partial charge in [0.2, 0.25) is 0 Å². The summed E-state index contributed by atoms with van der Waals surface area (Å²) in [7, 11) is 0. The molecule has 104 valence electrons. The van der Waals surface area contributed by atoms with E-state index in [0.29, 0.717) is 11.3 Å². The standard InChI is InChI=1S/C15H22N2O2/c1-10-5-4-7-17(8-6-10)13-9-11(2)16-12(3)14(13)15(18)19/h9-10H,4-8H2,1-3H3,(H,18,19). The summed E-state index contributed by atoms with van der Waals surface area (Å²) >= 11 is 0. The second-order valence-corrected chi connectivity index (χ2v) is 5.57. The highest BCUT2D eigenvalue weighted by molar-refractivity contribution is 5.95. The summed E-state index contributed by atoms with van der Waals surface area (Å²) in [5.74, 6) is -0.153. The SMILES string of the molecule is Cc1cc(N2CCCC(C)CC2)c(C(=O)O)c(C)n1.